The van der Waals surface area contributed by atoms with Gasteiger partial charge >= 0.3 is 0 Å². The summed E-state index contributed by atoms with van der Waals surface area (Å²) in [6.07, 6.45) is 6.27. The predicted molar refractivity (Wildman–Crippen MR) is 45.8 cm³/mol. The standard InChI is InChI=1S/C9H12N2O/c10-4-7-3-9(6-11-5-7)12-8-1-2-8/h3,5-6,8H,1-2,4,10H2. The first-order valence-corrected chi connectivity index (χ1v) is 4.19. The molecule has 1 aliphatic carbocycles. The molecule has 0 radical (unpaired) electrons. The molecule has 1 aromatic rings. The molecule has 1 aliphatic rings. The van der Waals surface area contributed by atoms with Gasteiger partial charge in [-0.1, -0.05) is 0 Å². The normalized spacial score (nSPS) is 16.1. The third-order valence-electron chi connectivity index (χ3n) is 1.83. The molecule has 3 heteroatoms. The van der Waals surface area contributed by atoms with Gasteiger partial charge in [0.15, 0.2) is 0 Å². The smallest absolute Gasteiger partial charge is 0.138 e. The van der Waals surface area contributed by atoms with E-state index >= 15 is 0 Å². The van der Waals surface area contributed by atoms with Gasteiger partial charge in [0.05, 0.1) is 12.3 Å². The summed E-state index contributed by atoms with van der Waals surface area (Å²) < 4.78 is 5.55. The summed E-state index contributed by atoms with van der Waals surface area (Å²) in [5.74, 6) is 0.848. The molecule has 0 amide bonds. The number of aromatic nitrogens is 1. The highest BCUT2D eigenvalue weighted by Crippen LogP contribution is 2.26. The molecule has 1 fully saturated rings. The first kappa shape index (κ1) is 7.55. The van der Waals surface area contributed by atoms with Gasteiger partial charge in [0.1, 0.15) is 5.75 Å². The molecule has 2 N–H and O–H groups in total. The van der Waals surface area contributed by atoms with E-state index in [9.17, 15) is 0 Å². The summed E-state index contributed by atoms with van der Waals surface area (Å²) in [6.45, 7) is 0.523. The van der Waals surface area contributed by atoms with E-state index in [2.05, 4.69) is 4.98 Å². The number of rotatable bonds is 3. The highest BCUT2D eigenvalue weighted by atomic mass is 16.5. The van der Waals surface area contributed by atoms with E-state index in [4.69, 9.17) is 10.5 Å². The molecule has 0 aliphatic heterocycles. The Kier molecular flexibility index (Phi) is 1.96. The predicted octanol–water partition coefficient (Wildman–Crippen LogP) is 1.08. The molecule has 1 heterocycles. The van der Waals surface area contributed by atoms with Crippen molar-refractivity contribution in [1.29, 1.82) is 0 Å². The lowest BCUT2D eigenvalue weighted by molar-refractivity contribution is 0.301. The van der Waals surface area contributed by atoms with Gasteiger partial charge in [-0.3, -0.25) is 4.98 Å². The molecule has 0 unspecified atom stereocenters. The van der Waals surface area contributed by atoms with E-state index in [0.29, 0.717) is 12.6 Å². The third kappa shape index (κ3) is 1.74. The van der Waals surface area contributed by atoms with Crippen LogP contribution in [-0.4, -0.2) is 11.1 Å². The number of nitrogens with zero attached hydrogens (tertiary/aromatic N) is 1. The van der Waals surface area contributed by atoms with Crippen molar-refractivity contribution in [2.75, 3.05) is 0 Å². The molecule has 0 spiro atoms. The maximum Gasteiger partial charge on any atom is 0.138 e. The summed E-state index contributed by atoms with van der Waals surface area (Å²) in [5.41, 5.74) is 6.49. The Balaban J connectivity index is 2.08. The van der Waals surface area contributed by atoms with Crippen molar-refractivity contribution in [2.24, 2.45) is 5.73 Å². The molecule has 12 heavy (non-hydrogen) atoms. The van der Waals surface area contributed by atoms with Gasteiger partial charge in [0.25, 0.3) is 0 Å². The number of hydrogen-bond donors (Lipinski definition) is 1. The zero-order valence-electron chi connectivity index (χ0n) is 6.86. The number of ether oxygens (including phenoxy) is 1. The van der Waals surface area contributed by atoms with Gasteiger partial charge in [-0.15, -0.1) is 0 Å². The quantitative estimate of drug-likeness (QED) is 0.727. The lowest BCUT2D eigenvalue weighted by Crippen LogP contribution is -2.00. The van der Waals surface area contributed by atoms with Crippen LogP contribution in [0.3, 0.4) is 0 Å². The minimum atomic E-state index is 0.430. The molecule has 2 rings (SSSR count). The van der Waals surface area contributed by atoms with Crippen LogP contribution in [0.4, 0.5) is 0 Å². The zero-order valence-corrected chi connectivity index (χ0v) is 6.86. The van der Waals surface area contributed by atoms with Crippen molar-refractivity contribution in [3.05, 3.63) is 24.0 Å². The second-order valence-electron chi connectivity index (χ2n) is 3.05. The van der Waals surface area contributed by atoms with Crippen LogP contribution in [0.25, 0.3) is 0 Å². The lowest BCUT2D eigenvalue weighted by atomic mass is 10.3. The molecule has 1 saturated carbocycles. The minimum absolute atomic E-state index is 0.430. The summed E-state index contributed by atoms with van der Waals surface area (Å²) in [5, 5.41) is 0. The van der Waals surface area contributed by atoms with Gasteiger partial charge < -0.3 is 10.5 Å². The van der Waals surface area contributed by atoms with Crippen LogP contribution in [0, 0.1) is 0 Å². The first-order chi connectivity index (χ1) is 5.88. The second kappa shape index (κ2) is 3.11. The van der Waals surface area contributed by atoms with Crippen LogP contribution in [0.15, 0.2) is 18.5 Å². The van der Waals surface area contributed by atoms with E-state index in [-0.39, 0.29) is 0 Å². The Morgan fingerprint density at radius 2 is 2.33 bits per heavy atom. The second-order valence-corrected chi connectivity index (χ2v) is 3.05. The minimum Gasteiger partial charge on any atom is -0.489 e. The fourth-order valence-electron chi connectivity index (χ4n) is 1.02. The van der Waals surface area contributed by atoms with Crippen LogP contribution in [-0.2, 0) is 6.54 Å². The topological polar surface area (TPSA) is 48.1 Å². The summed E-state index contributed by atoms with van der Waals surface area (Å²) in [6, 6.07) is 1.95. The van der Waals surface area contributed by atoms with Crippen LogP contribution < -0.4 is 10.5 Å². The number of pyridine rings is 1. The third-order valence-corrected chi connectivity index (χ3v) is 1.83. The van der Waals surface area contributed by atoms with Gasteiger partial charge in [0, 0.05) is 12.7 Å². The molecule has 0 bridgehead atoms. The van der Waals surface area contributed by atoms with E-state index in [1.54, 1.807) is 12.4 Å². The fourth-order valence-corrected chi connectivity index (χ4v) is 1.02. The zero-order chi connectivity index (χ0) is 8.39. The maximum atomic E-state index is 5.55. The van der Waals surface area contributed by atoms with Crippen LogP contribution in [0.1, 0.15) is 18.4 Å². The Bertz CT molecular complexity index is 271. The van der Waals surface area contributed by atoms with Crippen LogP contribution in [0.5, 0.6) is 5.75 Å². The molecule has 0 aromatic carbocycles. The average molecular weight is 164 g/mol. The first-order valence-electron chi connectivity index (χ1n) is 4.19. The van der Waals surface area contributed by atoms with E-state index in [1.807, 2.05) is 6.07 Å². The molecule has 3 nitrogen and oxygen atoms in total. The van der Waals surface area contributed by atoms with Crippen molar-refractivity contribution >= 4 is 0 Å². The number of hydrogen-bond acceptors (Lipinski definition) is 3. The number of nitrogens with two attached hydrogens (primary N) is 1. The maximum absolute atomic E-state index is 5.55. The Hall–Kier alpha value is -1.09. The Morgan fingerprint density at radius 3 is 3.00 bits per heavy atom. The van der Waals surface area contributed by atoms with E-state index in [0.717, 1.165) is 11.3 Å². The van der Waals surface area contributed by atoms with Crippen LogP contribution in [0.2, 0.25) is 0 Å². The molecule has 64 valence electrons. The Morgan fingerprint density at radius 1 is 1.50 bits per heavy atom. The van der Waals surface area contributed by atoms with Crippen molar-refractivity contribution in [1.82, 2.24) is 4.98 Å². The summed E-state index contributed by atoms with van der Waals surface area (Å²) in [7, 11) is 0. The summed E-state index contributed by atoms with van der Waals surface area (Å²) >= 11 is 0. The van der Waals surface area contributed by atoms with Crippen molar-refractivity contribution in [2.45, 2.75) is 25.5 Å². The monoisotopic (exact) mass is 164 g/mol. The fraction of sp³-hybridized carbons (Fsp3) is 0.444. The average Bonchev–Trinajstić information content (AvgIpc) is 2.89. The van der Waals surface area contributed by atoms with Crippen molar-refractivity contribution < 1.29 is 4.74 Å². The molecule has 0 saturated heterocycles. The highest BCUT2D eigenvalue weighted by Gasteiger charge is 2.23. The SMILES string of the molecule is NCc1cncc(OC2CC2)c1. The molecule has 1 aromatic heterocycles. The molecular weight excluding hydrogens is 152 g/mol. The molecule has 0 atom stereocenters. The largest absolute Gasteiger partial charge is 0.489 e. The van der Waals surface area contributed by atoms with E-state index < -0.39 is 0 Å². The van der Waals surface area contributed by atoms with Crippen LogP contribution >= 0.6 is 0 Å². The highest BCUT2D eigenvalue weighted by molar-refractivity contribution is 5.23. The lowest BCUT2D eigenvalue weighted by Gasteiger charge is -2.04. The summed E-state index contributed by atoms with van der Waals surface area (Å²) in [4.78, 5) is 4.03. The Labute approximate surface area is 71.6 Å². The van der Waals surface area contributed by atoms with E-state index in [1.165, 1.54) is 12.8 Å². The van der Waals surface area contributed by atoms with Gasteiger partial charge in [-0.05, 0) is 24.5 Å². The van der Waals surface area contributed by atoms with Crippen molar-refractivity contribution in [3.63, 3.8) is 0 Å². The molecular formula is C9H12N2O. The van der Waals surface area contributed by atoms with Gasteiger partial charge in [-0.25, -0.2) is 0 Å². The van der Waals surface area contributed by atoms with Gasteiger partial charge in [-0.2, -0.15) is 0 Å². The van der Waals surface area contributed by atoms with Crippen molar-refractivity contribution in [3.8, 4) is 5.75 Å². The van der Waals surface area contributed by atoms with Gasteiger partial charge in [0.2, 0.25) is 0 Å².